The molecule has 0 aliphatic heterocycles. The van der Waals surface area contributed by atoms with E-state index < -0.39 is 10.4 Å². The predicted octanol–water partition coefficient (Wildman–Crippen LogP) is 1.96. The molecule has 0 fully saturated rings. The summed E-state index contributed by atoms with van der Waals surface area (Å²) in [5.74, 6) is 0.491. The molecular formula is C15H27NO6S. The SMILES string of the molecule is CCOS(=O)(=O)[O-].CC[N+](CC)(CC)Cc1cc(O)ccc1O. The average molecular weight is 349 g/mol. The molecule has 0 heterocycles. The summed E-state index contributed by atoms with van der Waals surface area (Å²) in [4.78, 5) is 0. The van der Waals surface area contributed by atoms with Gasteiger partial charge < -0.3 is 19.2 Å². The van der Waals surface area contributed by atoms with Crippen LogP contribution in [0, 0.1) is 0 Å². The molecule has 0 radical (unpaired) electrons. The maximum Gasteiger partial charge on any atom is 0.217 e. The van der Waals surface area contributed by atoms with E-state index >= 15 is 0 Å². The van der Waals surface area contributed by atoms with E-state index in [1.54, 1.807) is 12.1 Å². The second kappa shape index (κ2) is 9.71. The lowest BCUT2D eigenvalue weighted by atomic mass is 10.1. The monoisotopic (exact) mass is 349 g/mol. The lowest BCUT2D eigenvalue weighted by Crippen LogP contribution is -2.46. The first kappa shape index (κ1) is 21.6. The van der Waals surface area contributed by atoms with E-state index in [-0.39, 0.29) is 18.1 Å². The molecule has 8 heteroatoms. The molecule has 7 nitrogen and oxygen atoms in total. The number of nitrogens with zero attached hydrogens (tertiary/aromatic N) is 1. The number of phenols is 2. The van der Waals surface area contributed by atoms with Crippen LogP contribution in [0.3, 0.4) is 0 Å². The van der Waals surface area contributed by atoms with Crippen LogP contribution in [0.4, 0.5) is 0 Å². The number of benzene rings is 1. The molecule has 0 saturated heterocycles. The molecule has 1 aromatic carbocycles. The Morgan fingerprint density at radius 2 is 1.61 bits per heavy atom. The summed E-state index contributed by atoms with van der Waals surface area (Å²) in [6.45, 7) is 11.7. The van der Waals surface area contributed by atoms with Crippen LogP contribution in [0.2, 0.25) is 0 Å². The van der Waals surface area contributed by atoms with Crippen LogP contribution in [0.5, 0.6) is 11.5 Å². The molecule has 0 aromatic heterocycles. The van der Waals surface area contributed by atoms with Gasteiger partial charge in [-0.25, -0.2) is 8.42 Å². The topological polar surface area (TPSA) is 107 Å². The van der Waals surface area contributed by atoms with E-state index in [9.17, 15) is 23.2 Å². The smallest absolute Gasteiger partial charge is 0.217 e. The van der Waals surface area contributed by atoms with Crippen molar-refractivity contribution in [1.82, 2.24) is 0 Å². The molecule has 0 aliphatic rings. The van der Waals surface area contributed by atoms with Crippen LogP contribution in [0.1, 0.15) is 33.3 Å². The van der Waals surface area contributed by atoms with Crippen molar-refractivity contribution in [2.45, 2.75) is 34.2 Å². The van der Waals surface area contributed by atoms with Crippen LogP contribution in [0.25, 0.3) is 0 Å². The first-order chi connectivity index (χ1) is 10.6. The Balaban J connectivity index is 0.000000585. The molecule has 0 unspecified atom stereocenters. The van der Waals surface area contributed by atoms with Crippen LogP contribution in [0.15, 0.2) is 18.2 Å². The Kier molecular flexibility index (Phi) is 9.14. The Labute approximate surface area is 138 Å². The Bertz CT molecular complexity index is 561. The van der Waals surface area contributed by atoms with Crippen molar-refractivity contribution in [3.8, 4) is 11.5 Å². The first-order valence-corrected chi connectivity index (χ1v) is 8.92. The van der Waals surface area contributed by atoms with Crippen molar-refractivity contribution in [1.29, 1.82) is 0 Å². The second-order valence-corrected chi connectivity index (χ2v) is 6.13. The maximum absolute atomic E-state index is 9.76. The molecule has 1 aromatic rings. The van der Waals surface area contributed by atoms with Gasteiger partial charge in [0.2, 0.25) is 10.4 Å². The first-order valence-electron chi connectivity index (χ1n) is 7.59. The minimum absolute atomic E-state index is 0.0914. The van der Waals surface area contributed by atoms with Gasteiger partial charge in [-0.2, -0.15) is 0 Å². The van der Waals surface area contributed by atoms with Gasteiger partial charge >= 0.3 is 0 Å². The summed E-state index contributed by atoms with van der Waals surface area (Å²) in [7, 11) is -4.42. The molecule has 0 saturated carbocycles. The molecule has 134 valence electrons. The van der Waals surface area contributed by atoms with Crippen LogP contribution < -0.4 is 0 Å². The van der Waals surface area contributed by atoms with E-state index in [1.807, 2.05) is 0 Å². The zero-order valence-electron chi connectivity index (χ0n) is 14.2. The van der Waals surface area contributed by atoms with Crippen molar-refractivity contribution >= 4 is 10.4 Å². The van der Waals surface area contributed by atoms with Gasteiger partial charge in [0.1, 0.15) is 18.0 Å². The summed E-state index contributed by atoms with van der Waals surface area (Å²) >= 11 is 0. The summed E-state index contributed by atoms with van der Waals surface area (Å²) in [5, 5.41) is 19.2. The predicted molar refractivity (Wildman–Crippen MR) is 86.7 cm³/mol. The fourth-order valence-corrected chi connectivity index (χ4v) is 2.50. The van der Waals surface area contributed by atoms with Crippen LogP contribution in [-0.2, 0) is 21.1 Å². The molecule has 0 bridgehead atoms. The molecule has 0 amide bonds. The van der Waals surface area contributed by atoms with Crippen LogP contribution in [-0.4, -0.2) is 53.9 Å². The van der Waals surface area contributed by atoms with Crippen molar-refractivity contribution in [2.75, 3.05) is 26.2 Å². The molecule has 0 aliphatic carbocycles. The second-order valence-electron chi connectivity index (χ2n) is 5.08. The van der Waals surface area contributed by atoms with Gasteiger partial charge in [-0.05, 0) is 45.9 Å². The van der Waals surface area contributed by atoms with Gasteiger partial charge in [0.25, 0.3) is 0 Å². The highest BCUT2D eigenvalue weighted by Crippen LogP contribution is 2.26. The third-order valence-electron chi connectivity index (χ3n) is 3.84. The zero-order chi connectivity index (χ0) is 18.1. The van der Waals surface area contributed by atoms with E-state index in [0.717, 1.165) is 36.2 Å². The van der Waals surface area contributed by atoms with Gasteiger partial charge in [0.15, 0.2) is 0 Å². The lowest BCUT2D eigenvalue weighted by Gasteiger charge is -2.36. The van der Waals surface area contributed by atoms with Gasteiger partial charge in [-0.1, -0.05) is 0 Å². The number of aromatic hydroxyl groups is 2. The maximum atomic E-state index is 9.76. The molecule has 0 atom stereocenters. The normalized spacial score (nSPS) is 11.7. The van der Waals surface area contributed by atoms with Crippen molar-refractivity contribution in [3.63, 3.8) is 0 Å². The summed E-state index contributed by atoms with van der Waals surface area (Å²) < 4.78 is 32.9. The average Bonchev–Trinajstić information content (AvgIpc) is 2.48. The quantitative estimate of drug-likeness (QED) is 0.337. The molecule has 23 heavy (non-hydrogen) atoms. The summed E-state index contributed by atoms with van der Waals surface area (Å²) in [6.07, 6.45) is 0. The molecule has 1 rings (SSSR count). The fourth-order valence-electron chi connectivity index (χ4n) is 2.21. The molecule has 2 N–H and O–H groups in total. The zero-order valence-corrected chi connectivity index (χ0v) is 15.0. The number of hydrogen-bond acceptors (Lipinski definition) is 6. The number of phenolic OH excluding ortho intramolecular Hbond substituents is 2. The Hall–Kier alpha value is -1.35. The van der Waals surface area contributed by atoms with E-state index in [4.69, 9.17) is 0 Å². The third-order valence-corrected chi connectivity index (χ3v) is 4.37. The third kappa shape index (κ3) is 8.17. The van der Waals surface area contributed by atoms with Crippen molar-refractivity contribution in [3.05, 3.63) is 23.8 Å². The van der Waals surface area contributed by atoms with Crippen LogP contribution >= 0.6 is 0 Å². The van der Waals surface area contributed by atoms with Gasteiger partial charge in [-0.15, -0.1) is 0 Å². The van der Waals surface area contributed by atoms with E-state index in [1.165, 1.54) is 13.0 Å². The van der Waals surface area contributed by atoms with Gasteiger partial charge in [0.05, 0.1) is 31.8 Å². The van der Waals surface area contributed by atoms with E-state index in [0.29, 0.717) is 0 Å². The standard InChI is InChI=1S/C13H21NO2.C2H6O4S/c1-4-14(5-2,6-3)10-11-9-12(15)7-8-13(11)16;1-2-6-7(3,4)5/h7-9H,4-6,10H2,1-3H3,(H-,15,16);2H2,1H3,(H,3,4,5). The number of quaternary nitrogens is 1. The highest BCUT2D eigenvalue weighted by atomic mass is 32.3. The number of rotatable bonds is 7. The summed E-state index contributed by atoms with van der Waals surface area (Å²) in [5.41, 5.74) is 0.825. The van der Waals surface area contributed by atoms with Gasteiger partial charge in [0, 0.05) is 0 Å². The Morgan fingerprint density at radius 3 is 1.96 bits per heavy atom. The van der Waals surface area contributed by atoms with E-state index in [2.05, 4.69) is 25.0 Å². The van der Waals surface area contributed by atoms with Gasteiger partial charge in [-0.3, -0.25) is 4.18 Å². The minimum Gasteiger partial charge on any atom is -0.726 e. The Morgan fingerprint density at radius 1 is 1.09 bits per heavy atom. The lowest BCUT2D eigenvalue weighted by molar-refractivity contribution is -0.936. The number of hydrogen-bond donors (Lipinski definition) is 2. The highest BCUT2D eigenvalue weighted by molar-refractivity contribution is 7.80. The van der Waals surface area contributed by atoms with Crippen molar-refractivity contribution in [2.24, 2.45) is 0 Å². The van der Waals surface area contributed by atoms with Crippen molar-refractivity contribution < 1.29 is 31.8 Å². The highest BCUT2D eigenvalue weighted by Gasteiger charge is 2.22. The minimum atomic E-state index is -4.42. The largest absolute Gasteiger partial charge is 0.726 e. The molecule has 0 spiro atoms. The fraction of sp³-hybridized carbons (Fsp3) is 0.600. The summed E-state index contributed by atoms with van der Waals surface area (Å²) in [6, 6.07) is 4.72. The molecular weight excluding hydrogens is 322 g/mol.